The standard InChI is InChI=1S/6CN.Cu.Fe.Mn/c6*1-2;;;/q6*-1;+2;;. The zero-order valence-electron chi connectivity index (χ0n) is 6.72. The van der Waals surface area contributed by atoms with Gasteiger partial charge >= 0.3 is 44.4 Å². The van der Waals surface area contributed by atoms with Gasteiger partial charge in [0.1, 0.15) is 0 Å². The van der Waals surface area contributed by atoms with Crippen molar-refractivity contribution in [1.29, 1.82) is 31.6 Å². The molecule has 15 heavy (non-hydrogen) atoms. The van der Waals surface area contributed by atoms with Gasteiger partial charge in [-0.25, -0.2) is 0 Å². The van der Waals surface area contributed by atoms with E-state index in [0.29, 0.717) is 0 Å². The molecule has 0 aromatic carbocycles. The molecule has 0 aromatic heterocycles. The van der Waals surface area contributed by atoms with Crippen LogP contribution in [-0.4, -0.2) is 0 Å². The summed E-state index contributed by atoms with van der Waals surface area (Å²) in [7, 11) is 0. The van der Waals surface area contributed by atoms with E-state index in [0.717, 1.165) is 0 Å². The minimum absolute atomic E-state index is 0. The molecule has 0 bridgehead atoms. The molecule has 0 aliphatic carbocycles. The SMILES string of the molecule is [C-]#N.[C-]#N.[C-]#N.[C-]#N.[C-]#N.[C-]#N.[Cu+2].[Mn]=[Fe]. The van der Waals surface area contributed by atoms with Crippen molar-refractivity contribution in [3.8, 4) is 0 Å². The molecular formula is C6CuFeMnN6-4. The van der Waals surface area contributed by atoms with Crippen LogP contribution in [0.5, 0.6) is 0 Å². The van der Waals surface area contributed by atoms with Gasteiger partial charge in [-0.1, -0.05) is 0 Å². The average Bonchev–Trinajstić information content (AvgIpc) is 2.45. The van der Waals surface area contributed by atoms with Crippen LogP contribution < -0.4 is 0 Å². The fourth-order valence-corrected chi connectivity index (χ4v) is 0. The molecule has 0 fully saturated rings. The Bertz CT molecular complexity index is 114. The fraction of sp³-hybridized carbons (Fsp3) is 0. The summed E-state index contributed by atoms with van der Waals surface area (Å²) in [5, 5.41) is 37.5. The minimum atomic E-state index is 0. The van der Waals surface area contributed by atoms with Gasteiger partial charge in [0.2, 0.25) is 0 Å². The van der Waals surface area contributed by atoms with Crippen LogP contribution in [-0.2, 0) is 44.4 Å². The van der Waals surface area contributed by atoms with Crippen LogP contribution in [0.3, 0.4) is 0 Å². The molecule has 0 spiro atoms. The summed E-state index contributed by atoms with van der Waals surface area (Å²) in [6.07, 6.45) is 0. The van der Waals surface area contributed by atoms with Gasteiger partial charge in [-0.15, -0.1) is 0 Å². The van der Waals surface area contributed by atoms with E-state index in [-0.39, 0.29) is 17.1 Å². The topological polar surface area (TPSA) is 143 Å². The van der Waals surface area contributed by atoms with Crippen LogP contribution in [0.25, 0.3) is 0 Å². The zero-order chi connectivity index (χ0) is 14.0. The Balaban J connectivity index is -0.00000000628. The van der Waals surface area contributed by atoms with Crippen LogP contribution in [0.1, 0.15) is 0 Å². The van der Waals surface area contributed by atoms with E-state index in [2.05, 4.69) is 27.3 Å². The predicted octanol–water partition coefficient (Wildman–Crippen LogP) is 0.571. The molecule has 0 rings (SSSR count). The van der Waals surface area contributed by atoms with Crippen molar-refractivity contribution in [1.82, 2.24) is 0 Å². The number of nitrogens with zero attached hydrogens (tertiary/aromatic N) is 6. The number of hydrogen-bond acceptors (Lipinski definition) is 6. The summed E-state index contributed by atoms with van der Waals surface area (Å²) in [5.41, 5.74) is 0. The Kier molecular flexibility index (Phi) is 3410. The van der Waals surface area contributed by atoms with Crippen LogP contribution in [0.15, 0.2) is 0 Å². The first kappa shape index (κ1) is 69.7. The normalized spacial score (nSPS) is 1.13. The first-order chi connectivity index (χ1) is 7.00. The van der Waals surface area contributed by atoms with Crippen molar-refractivity contribution < 1.29 is 44.4 Å². The Morgan fingerprint density at radius 1 is 0.467 bits per heavy atom. The molecule has 0 saturated carbocycles. The molecule has 0 aromatic rings. The van der Waals surface area contributed by atoms with Gasteiger partial charge in [-0.3, -0.25) is 0 Å². The van der Waals surface area contributed by atoms with Gasteiger partial charge in [-0.2, -0.15) is 0 Å². The van der Waals surface area contributed by atoms with Crippen LogP contribution in [0.2, 0.25) is 0 Å². The fourth-order valence-electron chi connectivity index (χ4n) is 0. The molecule has 0 amide bonds. The van der Waals surface area contributed by atoms with E-state index >= 15 is 0 Å². The molecule has 1 radical (unpaired) electrons. The summed E-state index contributed by atoms with van der Waals surface area (Å²) in [4.78, 5) is 0. The molecule has 6 nitrogen and oxygen atoms in total. The average molecular weight is 330 g/mol. The summed E-state index contributed by atoms with van der Waals surface area (Å²) in [6.45, 7) is 28.5. The molecule has 0 saturated heterocycles. The first-order valence-electron chi connectivity index (χ1n) is 1.48. The van der Waals surface area contributed by atoms with Crippen LogP contribution in [0, 0.1) is 71.0 Å². The van der Waals surface area contributed by atoms with Crippen LogP contribution in [0.4, 0.5) is 0 Å². The van der Waals surface area contributed by atoms with E-state index in [4.69, 9.17) is 71.0 Å². The Labute approximate surface area is 115 Å². The molecule has 0 heterocycles. The molecule has 0 atom stereocenters. The van der Waals surface area contributed by atoms with Gasteiger partial charge < -0.3 is 71.0 Å². The second-order valence-electron chi connectivity index (χ2n) is 0. The molecular weight excluding hydrogens is 330 g/mol. The van der Waals surface area contributed by atoms with Gasteiger partial charge in [0.25, 0.3) is 0 Å². The second kappa shape index (κ2) is 733. The summed E-state index contributed by atoms with van der Waals surface area (Å²) < 4.78 is 0. The third kappa shape index (κ3) is 611. The first-order valence-corrected chi connectivity index (χ1v) is 3.61. The molecule has 84 valence electrons. The predicted molar refractivity (Wildman–Crippen MR) is 29.8 cm³/mol. The van der Waals surface area contributed by atoms with E-state index in [1.165, 1.54) is 0 Å². The second-order valence-corrected chi connectivity index (χ2v) is 0. The Morgan fingerprint density at radius 3 is 0.467 bits per heavy atom. The maximum atomic E-state index is 6.25. The van der Waals surface area contributed by atoms with E-state index in [1.807, 2.05) is 0 Å². The van der Waals surface area contributed by atoms with Crippen molar-refractivity contribution >= 4 is 0 Å². The third-order valence-corrected chi connectivity index (χ3v) is 0. The van der Waals surface area contributed by atoms with Crippen LogP contribution >= 0.6 is 0 Å². The number of rotatable bonds is 0. The van der Waals surface area contributed by atoms with Crippen molar-refractivity contribution in [2.45, 2.75) is 0 Å². The molecule has 0 N–H and O–H groups in total. The summed E-state index contributed by atoms with van der Waals surface area (Å²) in [5.74, 6) is 0. The van der Waals surface area contributed by atoms with E-state index in [1.54, 1.807) is 0 Å². The quantitative estimate of drug-likeness (QED) is 0.469. The monoisotopic (exact) mass is 330 g/mol. The molecule has 0 aliphatic heterocycles. The van der Waals surface area contributed by atoms with Crippen molar-refractivity contribution in [2.24, 2.45) is 0 Å². The third-order valence-electron chi connectivity index (χ3n) is 0. The van der Waals surface area contributed by atoms with Gasteiger partial charge in [0, 0.05) is 0 Å². The molecule has 9 heteroatoms. The maximum absolute atomic E-state index is 6.25. The number of hydrogen-bond donors (Lipinski definition) is 0. The molecule has 0 aliphatic rings. The van der Waals surface area contributed by atoms with Gasteiger partial charge in [-0.05, 0) is 0 Å². The summed E-state index contributed by atoms with van der Waals surface area (Å²) >= 11 is 5.75. The summed E-state index contributed by atoms with van der Waals surface area (Å²) in [6, 6.07) is 0. The zero-order valence-corrected chi connectivity index (χ0v) is 9.94. The van der Waals surface area contributed by atoms with E-state index in [9.17, 15) is 0 Å². The van der Waals surface area contributed by atoms with Crippen molar-refractivity contribution in [3.05, 3.63) is 39.4 Å². The Hall–Kier alpha value is -1.50. The molecule has 0 unspecified atom stereocenters. The van der Waals surface area contributed by atoms with E-state index < -0.39 is 0 Å². The van der Waals surface area contributed by atoms with Crippen molar-refractivity contribution in [2.75, 3.05) is 0 Å². The van der Waals surface area contributed by atoms with Crippen molar-refractivity contribution in [3.63, 3.8) is 0 Å². The van der Waals surface area contributed by atoms with Gasteiger partial charge in [0.15, 0.2) is 0 Å². The Morgan fingerprint density at radius 2 is 0.467 bits per heavy atom. The van der Waals surface area contributed by atoms with Gasteiger partial charge in [0.05, 0.1) is 0 Å².